The van der Waals surface area contributed by atoms with Gasteiger partial charge in [-0.05, 0) is 30.9 Å². The summed E-state index contributed by atoms with van der Waals surface area (Å²) < 4.78 is 32.4. The van der Waals surface area contributed by atoms with Gasteiger partial charge in [-0.1, -0.05) is 13.0 Å². The molecule has 5 nitrogen and oxygen atoms in total. The summed E-state index contributed by atoms with van der Waals surface area (Å²) in [5.41, 5.74) is 0. The number of hydrogen-bond acceptors (Lipinski definition) is 4. The second-order valence-electron chi connectivity index (χ2n) is 4.58. The number of sulfonamides is 1. The van der Waals surface area contributed by atoms with Gasteiger partial charge >= 0.3 is 0 Å². The molecule has 1 aromatic carbocycles. The summed E-state index contributed by atoms with van der Waals surface area (Å²) >= 11 is 0. The first-order valence-electron chi connectivity index (χ1n) is 6.18. The van der Waals surface area contributed by atoms with Crippen LogP contribution in [0.2, 0.25) is 0 Å². The Bertz CT molecular complexity index is 487. The highest BCUT2D eigenvalue weighted by Gasteiger charge is 2.08. The van der Waals surface area contributed by atoms with E-state index in [1.54, 1.807) is 7.11 Å². The van der Waals surface area contributed by atoms with Crippen molar-refractivity contribution in [2.24, 2.45) is 11.1 Å². The van der Waals surface area contributed by atoms with Gasteiger partial charge < -0.3 is 9.47 Å². The molecule has 1 atom stereocenters. The minimum atomic E-state index is -3.36. The van der Waals surface area contributed by atoms with Crippen LogP contribution in [0.4, 0.5) is 0 Å². The van der Waals surface area contributed by atoms with Crippen LogP contribution in [-0.4, -0.2) is 27.9 Å². The van der Waals surface area contributed by atoms with Crippen molar-refractivity contribution < 1.29 is 17.9 Å². The topological polar surface area (TPSA) is 78.6 Å². The Labute approximate surface area is 114 Å². The third-order valence-corrected chi connectivity index (χ3v) is 3.62. The Hall–Kier alpha value is -1.27. The van der Waals surface area contributed by atoms with E-state index in [2.05, 4.69) is 0 Å². The highest BCUT2D eigenvalue weighted by atomic mass is 32.2. The maximum atomic E-state index is 10.8. The van der Waals surface area contributed by atoms with E-state index < -0.39 is 10.0 Å². The molecule has 0 spiro atoms. The first-order chi connectivity index (χ1) is 8.90. The number of methoxy groups -OCH3 is 1. The van der Waals surface area contributed by atoms with Crippen molar-refractivity contribution in [1.82, 2.24) is 0 Å². The van der Waals surface area contributed by atoms with Crippen LogP contribution in [0, 0.1) is 5.92 Å². The van der Waals surface area contributed by atoms with E-state index >= 15 is 0 Å². The molecule has 1 rings (SSSR count). The van der Waals surface area contributed by atoms with Crippen molar-refractivity contribution in [2.75, 3.05) is 19.5 Å². The standard InChI is InChI=1S/C13H21NO4S/c1-11(7-9-19(14,15)16)6-8-18-13-5-3-4-12(10-13)17-2/h3-5,10-11H,6-9H2,1-2H3,(H2,14,15,16). The molecule has 0 aliphatic heterocycles. The SMILES string of the molecule is COc1cccc(OCCC(C)CCS(N)(=O)=O)c1. The molecule has 6 heteroatoms. The zero-order chi connectivity index (χ0) is 14.3. The average molecular weight is 287 g/mol. The smallest absolute Gasteiger partial charge is 0.209 e. The molecule has 0 aliphatic rings. The molecule has 2 N–H and O–H groups in total. The van der Waals surface area contributed by atoms with E-state index in [9.17, 15) is 8.42 Å². The van der Waals surface area contributed by atoms with E-state index in [1.807, 2.05) is 31.2 Å². The molecular formula is C13H21NO4S. The van der Waals surface area contributed by atoms with E-state index in [0.717, 1.165) is 17.9 Å². The number of hydrogen-bond donors (Lipinski definition) is 1. The van der Waals surface area contributed by atoms with Crippen molar-refractivity contribution in [3.05, 3.63) is 24.3 Å². The summed E-state index contributed by atoms with van der Waals surface area (Å²) in [5, 5.41) is 4.96. The van der Waals surface area contributed by atoms with E-state index in [1.165, 1.54) is 0 Å². The van der Waals surface area contributed by atoms with Gasteiger partial charge in [0.05, 0.1) is 19.5 Å². The summed E-state index contributed by atoms with van der Waals surface area (Å²) in [6, 6.07) is 7.38. The minimum absolute atomic E-state index is 0.0212. The van der Waals surface area contributed by atoms with Crippen molar-refractivity contribution in [1.29, 1.82) is 0 Å². The van der Waals surface area contributed by atoms with Gasteiger partial charge in [-0.2, -0.15) is 0 Å². The number of benzene rings is 1. The van der Waals surface area contributed by atoms with Crippen LogP contribution in [0.1, 0.15) is 19.8 Å². The summed E-state index contributed by atoms with van der Waals surface area (Å²) in [5.74, 6) is 1.77. The fourth-order valence-corrected chi connectivity index (χ4v) is 2.31. The molecule has 0 saturated heterocycles. The molecule has 0 aromatic heterocycles. The number of rotatable bonds is 8. The largest absolute Gasteiger partial charge is 0.497 e. The molecule has 0 heterocycles. The van der Waals surface area contributed by atoms with E-state index in [-0.39, 0.29) is 11.7 Å². The van der Waals surface area contributed by atoms with Gasteiger partial charge in [-0.15, -0.1) is 0 Å². The Morgan fingerprint density at radius 3 is 2.58 bits per heavy atom. The number of nitrogens with two attached hydrogens (primary N) is 1. The fraction of sp³-hybridized carbons (Fsp3) is 0.538. The molecule has 108 valence electrons. The monoisotopic (exact) mass is 287 g/mol. The lowest BCUT2D eigenvalue weighted by atomic mass is 10.1. The Morgan fingerprint density at radius 1 is 1.26 bits per heavy atom. The van der Waals surface area contributed by atoms with Gasteiger partial charge in [0.25, 0.3) is 0 Å². The van der Waals surface area contributed by atoms with Gasteiger partial charge in [0.2, 0.25) is 10.0 Å². The third-order valence-electron chi connectivity index (χ3n) is 2.82. The predicted octanol–water partition coefficient (Wildman–Crippen LogP) is 1.78. The van der Waals surface area contributed by atoms with E-state index in [0.29, 0.717) is 13.0 Å². The summed E-state index contributed by atoms with van der Waals surface area (Å²) in [4.78, 5) is 0. The molecule has 0 aliphatic carbocycles. The lowest BCUT2D eigenvalue weighted by Gasteiger charge is -2.12. The van der Waals surface area contributed by atoms with Crippen molar-refractivity contribution in [3.63, 3.8) is 0 Å². The minimum Gasteiger partial charge on any atom is -0.497 e. The zero-order valence-corrected chi connectivity index (χ0v) is 12.2. The quantitative estimate of drug-likeness (QED) is 0.790. The molecule has 0 bridgehead atoms. The van der Waals surface area contributed by atoms with Crippen molar-refractivity contribution in [2.45, 2.75) is 19.8 Å². The van der Waals surface area contributed by atoms with Crippen LogP contribution in [0.15, 0.2) is 24.3 Å². The molecular weight excluding hydrogens is 266 g/mol. The lowest BCUT2D eigenvalue weighted by Crippen LogP contribution is -2.18. The second-order valence-corrected chi connectivity index (χ2v) is 6.31. The normalized spacial score (nSPS) is 13.0. The van der Waals surface area contributed by atoms with Crippen molar-refractivity contribution >= 4 is 10.0 Å². The van der Waals surface area contributed by atoms with Crippen LogP contribution >= 0.6 is 0 Å². The summed E-state index contributed by atoms with van der Waals surface area (Å²) in [6.45, 7) is 2.53. The second kappa shape index (κ2) is 7.35. The van der Waals surface area contributed by atoms with Crippen LogP contribution in [0.5, 0.6) is 11.5 Å². The Morgan fingerprint density at radius 2 is 1.95 bits per heavy atom. The van der Waals surface area contributed by atoms with Crippen LogP contribution in [0.25, 0.3) is 0 Å². The molecule has 1 aromatic rings. The number of ether oxygens (including phenoxy) is 2. The molecule has 0 saturated carbocycles. The molecule has 0 radical (unpaired) electrons. The first-order valence-corrected chi connectivity index (χ1v) is 7.89. The van der Waals surface area contributed by atoms with Crippen molar-refractivity contribution in [3.8, 4) is 11.5 Å². The van der Waals surface area contributed by atoms with Crippen LogP contribution < -0.4 is 14.6 Å². The predicted molar refractivity (Wildman–Crippen MR) is 74.9 cm³/mol. The zero-order valence-electron chi connectivity index (χ0n) is 11.3. The maximum Gasteiger partial charge on any atom is 0.209 e. The fourth-order valence-electron chi connectivity index (χ4n) is 1.58. The van der Waals surface area contributed by atoms with Gasteiger partial charge in [0, 0.05) is 6.07 Å². The maximum absolute atomic E-state index is 10.8. The van der Waals surface area contributed by atoms with Crippen LogP contribution in [0.3, 0.4) is 0 Å². The molecule has 19 heavy (non-hydrogen) atoms. The van der Waals surface area contributed by atoms with Gasteiger partial charge in [0.1, 0.15) is 11.5 Å². The lowest BCUT2D eigenvalue weighted by molar-refractivity contribution is 0.280. The summed E-state index contributed by atoms with van der Waals surface area (Å²) in [6.07, 6.45) is 1.34. The van der Waals surface area contributed by atoms with Gasteiger partial charge in [-0.25, -0.2) is 13.6 Å². The van der Waals surface area contributed by atoms with Crippen LogP contribution in [-0.2, 0) is 10.0 Å². The molecule has 0 amide bonds. The van der Waals surface area contributed by atoms with Gasteiger partial charge in [0.15, 0.2) is 0 Å². The Balaban J connectivity index is 2.29. The average Bonchev–Trinajstić information content (AvgIpc) is 2.36. The molecule has 1 unspecified atom stereocenters. The van der Waals surface area contributed by atoms with Gasteiger partial charge in [-0.3, -0.25) is 0 Å². The third kappa shape index (κ3) is 7.03. The van der Waals surface area contributed by atoms with E-state index in [4.69, 9.17) is 14.6 Å². The first kappa shape index (κ1) is 15.8. The Kier molecular flexibility index (Phi) is 6.11. The molecule has 0 fully saturated rings. The number of primary sulfonamides is 1. The summed E-state index contributed by atoms with van der Waals surface area (Å²) in [7, 11) is -1.76. The highest BCUT2D eigenvalue weighted by molar-refractivity contribution is 7.89. The highest BCUT2D eigenvalue weighted by Crippen LogP contribution is 2.19.